The van der Waals surface area contributed by atoms with Crippen molar-refractivity contribution in [3.05, 3.63) is 29.6 Å². The molecule has 0 saturated carbocycles. The third kappa shape index (κ3) is 1.90. The summed E-state index contributed by atoms with van der Waals surface area (Å²) in [5.41, 5.74) is -0.705. The lowest BCUT2D eigenvalue weighted by molar-refractivity contribution is 0.0452. The summed E-state index contributed by atoms with van der Waals surface area (Å²) in [4.78, 5) is 1.99. The molecule has 3 nitrogen and oxygen atoms in total. The summed E-state index contributed by atoms with van der Waals surface area (Å²) in [7, 11) is 3.41. The molecule has 1 unspecified atom stereocenters. The highest BCUT2D eigenvalue weighted by Crippen LogP contribution is 2.33. The zero-order chi connectivity index (χ0) is 11.8. The fourth-order valence-electron chi connectivity index (χ4n) is 2.20. The van der Waals surface area contributed by atoms with Crippen LogP contribution in [0, 0.1) is 5.82 Å². The first-order valence-corrected chi connectivity index (χ1v) is 5.30. The van der Waals surface area contributed by atoms with Crippen LogP contribution < -0.4 is 4.74 Å². The van der Waals surface area contributed by atoms with Crippen LogP contribution in [-0.2, 0) is 5.60 Å². The van der Waals surface area contributed by atoms with Crippen molar-refractivity contribution in [2.75, 3.05) is 27.2 Å². The van der Waals surface area contributed by atoms with Crippen LogP contribution in [0.5, 0.6) is 5.75 Å². The van der Waals surface area contributed by atoms with Crippen molar-refractivity contribution in [2.45, 2.75) is 12.0 Å². The van der Waals surface area contributed by atoms with Gasteiger partial charge in [-0.2, -0.15) is 0 Å². The monoisotopic (exact) mass is 225 g/mol. The standard InChI is InChI=1S/C12H16FNO2/c1-14-6-5-12(15,8-14)10-4-3-9(16-2)7-11(10)13/h3-4,7,15H,5-6,8H2,1-2H3. The van der Waals surface area contributed by atoms with Gasteiger partial charge in [-0.3, -0.25) is 0 Å². The highest BCUT2D eigenvalue weighted by molar-refractivity contribution is 5.33. The van der Waals surface area contributed by atoms with Crippen LogP contribution in [0.2, 0.25) is 0 Å². The number of ether oxygens (including phenoxy) is 1. The third-order valence-corrected chi connectivity index (χ3v) is 3.12. The first-order chi connectivity index (χ1) is 7.55. The maximum atomic E-state index is 13.8. The molecule has 88 valence electrons. The first-order valence-electron chi connectivity index (χ1n) is 5.30. The van der Waals surface area contributed by atoms with Crippen molar-refractivity contribution >= 4 is 0 Å². The summed E-state index contributed by atoms with van der Waals surface area (Å²) < 4.78 is 18.7. The van der Waals surface area contributed by atoms with E-state index in [9.17, 15) is 9.50 Å². The second kappa shape index (κ2) is 4.03. The van der Waals surface area contributed by atoms with Gasteiger partial charge in [0.15, 0.2) is 0 Å². The lowest BCUT2D eigenvalue weighted by Gasteiger charge is -2.23. The Morgan fingerprint density at radius 2 is 2.25 bits per heavy atom. The molecule has 1 atom stereocenters. The number of methoxy groups -OCH3 is 1. The molecule has 0 amide bonds. The van der Waals surface area contributed by atoms with Gasteiger partial charge in [-0.25, -0.2) is 4.39 Å². The van der Waals surface area contributed by atoms with Gasteiger partial charge in [-0.05, 0) is 25.6 Å². The number of hydrogen-bond donors (Lipinski definition) is 1. The molecule has 2 rings (SSSR count). The molecule has 1 aromatic rings. The fourth-order valence-corrected chi connectivity index (χ4v) is 2.20. The van der Waals surface area contributed by atoms with Crippen LogP contribution in [0.15, 0.2) is 18.2 Å². The number of aliphatic hydroxyl groups is 1. The molecule has 1 saturated heterocycles. The maximum Gasteiger partial charge on any atom is 0.133 e. The van der Waals surface area contributed by atoms with E-state index in [-0.39, 0.29) is 0 Å². The number of likely N-dealkylation sites (tertiary alicyclic amines) is 1. The van der Waals surface area contributed by atoms with E-state index in [1.54, 1.807) is 12.1 Å². The maximum absolute atomic E-state index is 13.8. The van der Waals surface area contributed by atoms with Gasteiger partial charge in [0.05, 0.1) is 7.11 Å². The average molecular weight is 225 g/mol. The minimum Gasteiger partial charge on any atom is -0.497 e. The lowest BCUT2D eigenvalue weighted by Crippen LogP contribution is -2.30. The number of benzene rings is 1. The van der Waals surface area contributed by atoms with Crippen LogP contribution in [0.4, 0.5) is 4.39 Å². The van der Waals surface area contributed by atoms with Crippen LogP contribution in [0.3, 0.4) is 0 Å². The molecule has 1 fully saturated rings. The van der Waals surface area contributed by atoms with Crippen molar-refractivity contribution in [3.63, 3.8) is 0 Å². The van der Waals surface area contributed by atoms with Gasteiger partial charge in [0.1, 0.15) is 17.2 Å². The molecular weight excluding hydrogens is 209 g/mol. The van der Waals surface area contributed by atoms with E-state index in [0.29, 0.717) is 24.3 Å². The number of hydrogen-bond acceptors (Lipinski definition) is 3. The minimum atomic E-state index is -1.06. The molecule has 16 heavy (non-hydrogen) atoms. The molecular formula is C12H16FNO2. The molecule has 0 aromatic heterocycles. The van der Waals surface area contributed by atoms with E-state index in [2.05, 4.69) is 0 Å². The predicted octanol–water partition coefficient (Wildman–Crippen LogP) is 1.36. The SMILES string of the molecule is COc1ccc(C2(O)CCN(C)C2)c(F)c1. The normalized spacial score (nSPS) is 26.0. The highest BCUT2D eigenvalue weighted by Gasteiger charge is 2.38. The van der Waals surface area contributed by atoms with Gasteiger partial charge in [0, 0.05) is 24.7 Å². The van der Waals surface area contributed by atoms with Crippen LogP contribution >= 0.6 is 0 Å². The van der Waals surface area contributed by atoms with Gasteiger partial charge in [-0.1, -0.05) is 0 Å². The van der Waals surface area contributed by atoms with Gasteiger partial charge < -0.3 is 14.7 Å². The Morgan fingerprint density at radius 1 is 1.50 bits per heavy atom. The highest BCUT2D eigenvalue weighted by atomic mass is 19.1. The summed E-state index contributed by atoms with van der Waals surface area (Å²) in [5, 5.41) is 10.4. The molecule has 1 aliphatic heterocycles. The Balaban J connectivity index is 2.33. The van der Waals surface area contributed by atoms with E-state index >= 15 is 0 Å². The predicted molar refractivity (Wildman–Crippen MR) is 59.0 cm³/mol. The lowest BCUT2D eigenvalue weighted by atomic mass is 9.92. The summed E-state index contributed by atoms with van der Waals surface area (Å²) >= 11 is 0. The first kappa shape index (κ1) is 11.4. The van der Waals surface area contributed by atoms with Crippen LogP contribution in [-0.4, -0.2) is 37.3 Å². The quantitative estimate of drug-likeness (QED) is 0.825. The van der Waals surface area contributed by atoms with E-state index in [1.807, 2.05) is 11.9 Å². The van der Waals surface area contributed by atoms with Gasteiger partial charge in [0.25, 0.3) is 0 Å². The second-order valence-electron chi connectivity index (χ2n) is 4.37. The Labute approximate surface area is 94.4 Å². The summed E-state index contributed by atoms with van der Waals surface area (Å²) in [5.74, 6) is 0.0633. The zero-order valence-electron chi connectivity index (χ0n) is 9.53. The average Bonchev–Trinajstić information content (AvgIpc) is 2.59. The fraction of sp³-hybridized carbons (Fsp3) is 0.500. The van der Waals surface area contributed by atoms with Crippen LogP contribution in [0.1, 0.15) is 12.0 Å². The van der Waals surface area contributed by atoms with Crippen molar-refractivity contribution in [1.82, 2.24) is 4.90 Å². The van der Waals surface area contributed by atoms with Gasteiger partial charge in [-0.15, -0.1) is 0 Å². The molecule has 0 bridgehead atoms. The van der Waals surface area contributed by atoms with Crippen molar-refractivity contribution in [3.8, 4) is 5.75 Å². The Kier molecular flexibility index (Phi) is 2.86. The number of halogens is 1. The topological polar surface area (TPSA) is 32.7 Å². The third-order valence-electron chi connectivity index (χ3n) is 3.12. The number of β-amino-alcohol motifs (C(OH)–C–C–N with tert-alkyl or cyclic N) is 1. The molecule has 1 aromatic carbocycles. The molecule has 0 aliphatic carbocycles. The van der Waals surface area contributed by atoms with E-state index < -0.39 is 11.4 Å². The van der Waals surface area contributed by atoms with Gasteiger partial charge in [0.2, 0.25) is 0 Å². The summed E-state index contributed by atoms with van der Waals surface area (Å²) in [6.45, 7) is 1.25. The molecule has 1 heterocycles. The molecule has 1 N–H and O–H groups in total. The second-order valence-corrected chi connectivity index (χ2v) is 4.37. The van der Waals surface area contributed by atoms with E-state index in [1.165, 1.54) is 13.2 Å². The minimum absolute atomic E-state index is 0.359. The molecule has 1 aliphatic rings. The molecule has 0 radical (unpaired) electrons. The number of rotatable bonds is 2. The molecule has 0 spiro atoms. The van der Waals surface area contributed by atoms with Crippen molar-refractivity contribution in [2.24, 2.45) is 0 Å². The Morgan fingerprint density at radius 3 is 2.75 bits per heavy atom. The molecule has 4 heteroatoms. The Hall–Kier alpha value is -1.13. The Bertz CT molecular complexity index is 397. The zero-order valence-corrected chi connectivity index (χ0v) is 9.53. The summed E-state index contributed by atoms with van der Waals surface area (Å²) in [6.07, 6.45) is 0.562. The van der Waals surface area contributed by atoms with Crippen LogP contribution in [0.25, 0.3) is 0 Å². The van der Waals surface area contributed by atoms with Gasteiger partial charge >= 0.3 is 0 Å². The van der Waals surface area contributed by atoms with Crippen molar-refractivity contribution in [1.29, 1.82) is 0 Å². The van der Waals surface area contributed by atoms with E-state index in [0.717, 1.165) is 6.54 Å². The van der Waals surface area contributed by atoms with Crippen molar-refractivity contribution < 1.29 is 14.2 Å². The number of likely N-dealkylation sites (N-methyl/N-ethyl adjacent to an activating group) is 1. The smallest absolute Gasteiger partial charge is 0.133 e. The van der Waals surface area contributed by atoms with E-state index in [4.69, 9.17) is 4.74 Å². The largest absolute Gasteiger partial charge is 0.497 e. The number of nitrogens with zero attached hydrogens (tertiary/aromatic N) is 1. The summed E-state index contributed by atoms with van der Waals surface area (Å²) in [6, 6.07) is 4.59.